The van der Waals surface area contributed by atoms with Crippen molar-refractivity contribution in [1.82, 2.24) is 20.3 Å². The van der Waals surface area contributed by atoms with Crippen LogP contribution in [0.2, 0.25) is 0 Å². The highest BCUT2D eigenvalue weighted by molar-refractivity contribution is 14.0. The molecule has 0 amide bonds. The molecule has 30 heavy (non-hydrogen) atoms. The van der Waals surface area contributed by atoms with Crippen LogP contribution in [-0.4, -0.2) is 67.3 Å². The van der Waals surface area contributed by atoms with E-state index in [4.69, 9.17) is 9.26 Å². The second-order valence-corrected chi connectivity index (χ2v) is 7.83. The summed E-state index contributed by atoms with van der Waals surface area (Å²) in [6, 6.07) is 10.3. The smallest absolute Gasteiger partial charge is 0.193 e. The molecular weight excluding hydrogens is 493 g/mol. The molecule has 1 N–H and O–H groups in total. The first-order chi connectivity index (χ1) is 14.1. The van der Waals surface area contributed by atoms with Gasteiger partial charge >= 0.3 is 0 Å². The summed E-state index contributed by atoms with van der Waals surface area (Å²) in [5, 5.41) is 7.50. The van der Waals surface area contributed by atoms with Crippen LogP contribution in [0.25, 0.3) is 0 Å². The number of guanidine groups is 1. The van der Waals surface area contributed by atoms with Gasteiger partial charge in [0.25, 0.3) is 0 Å². The summed E-state index contributed by atoms with van der Waals surface area (Å²) >= 11 is 0. The van der Waals surface area contributed by atoms with E-state index in [9.17, 15) is 0 Å². The van der Waals surface area contributed by atoms with E-state index >= 15 is 0 Å². The average molecular weight is 527 g/mol. The molecule has 2 aromatic rings. The number of hydrogen-bond acceptors (Lipinski definition) is 5. The topological polar surface area (TPSA) is 66.1 Å². The molecule has 0 atom stereocenters. The van der Waals surface area contributed by atoms with Crippen LogP contribution in [0.5, 0.6) is 5.75 Å². The first-order valence-electron chi connectivity index (χ1n) is 10.4. The molecule has 1 aromatic heterocycles. The fourth-order valence-electron chi connectivity index (χ4n) is 3.33. The van der Waals surface area contributed by atoms with Gasteiger partial charge in [-0.15, -0.1) is 24.0 Å². The van der Waals surface area contributed by atoms with Gasteiger partial charge in [-0.2, -0.15) is 0 Å². The lowest BCUT2D eigenvalue weighted by molar-refractivity contribution is 0.169. The minimum absolute atomic E-state index is 0. The largest absolute Gasteiger partial charge is 0.493 e. The van der Waals surface area contributed by atoms with Crippen LogP contribution < -0.4 is 10.1 Å². The fourth-order valence-corrected chi connectivity index (χ4v) is 3.33. The van der Waals surface area contributed by atoms with Crippen molar-refractivity contribution in [2.75, 3.05) is 46.4 Å². The monoisotopic (exact) mass is 527 g/mol. The molecule has 0 aliphatic carbocycles. The number of hydrogen-bond donors (Lipinski definition) is 1. The number of benzene rings is 1. The Kier molecular flexibility index (Phi) is 10.4. The van der Waals surface area contributed by atoms with Gasteiger partial charge < -0.3 is 19.5 Å². The molecule has 0 bridgehead atoms. The molecule has 1 aliphatic rings. The zero-order valence-corrected chi connectivity index (χ0v) is 20.5. The Morgan fingerprint density at radius 2 is 1.90 bits per heavy atom. The van der Waals surface area contributed by atoms with E-state index in [0.717, 1.165) is 69.7 Å². The van der Waals surface area contributed by atoms with Gasteiger partial charge in [0.1, 0.15) is 12.0 Å². The Labute approximate surface area is 196 Å². The van der Waals surface area contributed by atoms with Crippen LogP contribution in [-0.2, 0) is 13.0 Å². The molecule has 1 aliphatic heterocycles. The van der Waals surface area contributed by atoms with Crippen molar-refractivity contribution < 1.29 is 9.26 Å². The molecule has 1 aromatic carbocycles. The van der Waals surface area contributed by atoms with Gasteiger partial charge in [-0.1, -0.05) is 31.1 Å². The van der Waals surface area contributed by atoms with Crippen molar-refractivity contribution in [3.05, 3.63) is 47.9 Å². The van der Waals surface area contributed by atoms with Crippen LogP contribution in [0.3, 0.4) is 0 Å². The van der Waals surface area contributed by atoms with Gasteiger partial charge in [0.05, 0.1) is 12.3 Å². The first-order valence-corrected chi connectivity index (χ1v) is 10.4. The van der Waals surface area contributed by atoms with Gasteiger partial charge in [0, 0.05) is 52.4 Å². The summed E-state index contributed by atoms with van der Waals surface area (Å²) in [5.74, 6) is 2.45. The highest BCUT2D eigenvalue weighted by atomic mass is 127. The lowest BCUT2D eigenvalue weighted by Crippen LogP contribution is -2.52. The average Bonchev–Trinajstić information content (AvgIpc) is 3.24. The Bertz CT molecular complexity index is 741. The van der Waals surface area contributed by atoms with Crippen molar-refractivity contribution in [3.63, 3.8) is 0 Å². The summed E-state index contributed by atoms with van der Waals surface area (Å²) in [6.07, 6.45) is 2.58. The van der Waals surface area contributed by atoms with Gasteiger partial charge in [-0.3, -0.25) is 9.89 Å². The Morgan fingerprint density at radius 3 is 2.50 bits per heavy atom. The number of rotatable bonds is 8. The molecular formula is C22H34IN5O2. The van der Waals surface area contributed by atoms with E-state index in [1.165, 1.54) is 5.56 Å². The number of nitrogens with zero attached hydrogens (tertiary/aromatic N) is 4. The second-order valence-electron chi connectivity index (χ2n) is 7.83. The maximum Gasteiger partial charge on any atom is 0.193 e. The third-order valence-corrected chi connectivity index (χ3v) is 4.96. The van der Waals surface area contributed by atoms with Crippen LogP contribution in [0.4, 0.5) is 0 Å². The normalized spacial score (nSPS) is 15.2. The summed E-state index contributed by atoms with van der Waals surface area (Å²) in [6.45, 7) is 10.7. The van der Waals surface area contributed by atoms with E-state index < -0.39 is 0 Å². The zero-order chi connectivity index (χ0) is 20.5. The molecule has 8 heteroatoms. The molecule has 7 nitrogen and oxygen atoms in total. The summed E-state index contributed by atoms with van der Waals surface area (Å²) in [4.78, 5) is 9.18. The number of halogens is 1. The van der Waals surface area contributed by atoms with E-state index in [-0.39, 0.29) is 24.0 Å². The third kappa shape index (κ3) is 7.79. The van der Waals surface area contributed by atoms with Crippen LogP contribution in [0.15, 0.2) is 46.1 Å². The van der Waals surface area contributed by atoms with Crippen molar-refractivity contribution in [3.8, 4) is 5.75 Å². The number of piperazine rings is 1. The van der Waals surface area contributed by atoms with E-state index in [0.29, 0.717) is 5.92 Å². The number of aromatic nitrogens is 1. The second kappa shape index (κ2) is 12.8. The maximum absolute atomic E-state index is 5.75. The van der Waals surface area contributed by atoms with Crippen LogP contribution in [0, 0.1) is 5.92 Å². The van der Waals surface area contributed by atoms with E-state index in [1.807, 2.05) is 13.1 Å². The molecule has 1 saturated heterocycles. The van der Waals surface area contributed by atoms with Crippen molar-refractivity contribution in [2.24, 2.45) is 10.9 Å². The van der Waals surface area contributed by atoms with Crippen molar-refractivity contribution in [2.45, 2.75) is 26.8 Å². The SMILES string of the molecule is CN=C(NCCc1ccc(OCC(C)C)cc1)N1CCN(Cc2ccon2)CC1.I. The lowest BCUT2D eigenvalue weighted by atomic mass is 10.1. The Hall–Kier alpha value is -1.81. The highest BCUT2D eigenvalue weighted by Gasteiger charge is 2.20. The lowest BCUT2D eigenvalue weighted by Gasteiger charge is -2.36. The summed E-state index contributed by atoms with van der Waals surface area (Å²) < 4.78 is 10.7. The molecule has 1 fully saturated rings. The maximum atomic E-state index is 5.75. The van der Waals surface area contributed by atoms with E-state index in [2.05, 4.69) is 63.4 Å². The molecule has 166 valence electrons. The number of ether oxygens (including phenoxy) is 1. The van der Waals surface area contributed by atoms with E-state index in [1.54, 1.807) is 6.26 Å². The first kappa shape index (κ1) is 24.5. The molecule has 2 heterocycles. The molecule has 0 spiro atoms. The van der Waals surface area contributed by atoms with Crippen molar-refractivity contribution in [1.29, 1.82) is 0 Å². The van der Waals surface area contributed by atoms with Gasteiger partial charge in [-0.25, -0.2) is 0 Å². The quantitative estimate of drug-likeness (QED) is 0.323. The predicted octanol–water partition coefficient (Wildman–Crippen LogP) is 3.26. The minimum Gasteiger partial charge on any atom is -0.493 e. The molecule has 3 rings (SSSR count). The minimum atomic E-state index is 0. The standard InChI is InChI=1S/C22H33N5O2.HI/c1-18(2)17-28-21-6-4-19(5-7-21)8-10-24-22(23-3)27-13-11-26(12-14-27)16-20-9-15-29-25-20;/h4-7,9,15,18H,8,10-14,16-17H2,1-3H3,(H,23,24);1H. The van der Waals surface area contributed by atoms with Gasteiger partial charge in [-0.05, 0) is 30.0 Å². The van der Waals surface area contributed by atoms with Gasteiger partial charge in [0.2, 0.25) is 0 Å². The molecule has 0 saturated carbocycles. The predicted molar refractivity (Wildman–Crippen MR) is 131 cm³/mol. The summed E-state index contributed by atoms with van der Waals surface area (Å²) in [7, 11) is 1.85. The van der Waals surface area contributed by atoms with Crippen molar-refractivity contribution >= 4 is 29.9 Å². The van der Waals surface area contributed by atoms with Gasteiger partial charge in [0.15, 0.2) is 5.96 Å². The van der Waals surface area contributed by atoms with Crippen LogP contribution >= 0.6 is 24.0 Å². The summed E-state index contributed by atoms with van der Waals surface area (Å²) in [5.41, 5.74) is 2.28. The van der Waals surface area contributed by atoms with Crippen LogP contribution in [0.1, 0.15) is 25.1 Å². The highest BCUT2D eigenvalue weighted by Crippen LogP contribution is 2.13. The Morgan fingerprint density at radius 1 is 1.17 bits per heavy atom. The molecule has 0 unspecified atom stereocenters. The zero-order valence-electron chi connectivity index (χ0n) is 18.2. The fraction of sp³-hybridized carbons (Fsp3) is 0.545. The Balaban J connectivity index is 0.00000320. The number of nitrogens with one attached hydrogen (secondary N) is 1. The third-order valence-electron chi connectivity index (χ3n) is 4.96. The number of aliphatic imine (C=N–C) groups is 1. The molecule has 0 radical (unpaired) electrons.